The number of rotatable bonds is 8. The average Bonchev–Trinajstić information content (AvgIpc) is 2.60. The molecular formula is C20H25NO4S. The first kappa shape index (κ1) is 19.8. The minimum atomic E-state index is -3.72. The second kappa shape index (κ2) is 8.27. The second-order valence-electron chi connectivity index (χ2n) is 6.24. The number of hydrogen-bond donors (Lipinski definition) is 1. The van der Waals surface area contributed by atoms with E-state index in [1.807, 2.05) is 13.8 Å². The molecule has 0 atom stereocenters. The summed E-state index contributed by atoms with van der Waals surface area (Å²) in [6.45, 7) is 9.74. The maximum absolute atomic E-state index is 12.9. The fourth-order valence-corrected chi connectivity index (χ4v) is 3.90. The zero-order valence-corrected chi connectivity index (χ0v) is 16.4. The van der Waals surface area contributed by atoms with Crippen molar-refractivity contribution in [2.24, 2.45) is 0 Å². The Labute approximate surface area is 155 Å². The van der Waals surface area contributed by atoms with Crippen molar-refractivity contribution in [1.29, 1.82) is 0 Å². The van der Waals surface area contributed by atoms with Crippen molar-refractivity contribution in [1.82, 2.24) is 0 Å². The highest BCUT2D eigenvalue weighted by molar-refractivity contribution is 7.92. The van der Waals surface area contributed by atoms with Gasteiger partial charge < -0.3 is 9.47 Å². The number of ether oxygens (including phenoxy) is 2. The maximum Gasteiger partial charge on any atom is 0.262 e. The van der Waals surface area contributed by atoms with Crippen molar-refractivity contribution < 1.29 is 17.9 Å². The molecule has 0 aromatic heterocycles. The number of benzene rings is 2. The van der Waals surface area contributed by atoms with Gasteiger partial charge in [0.2, 0.25) is 0 Å². The molecule has 0 heterocycles. The summed E-state index contributed by atoms with van der Waals surface area (Å²) in [7, 11) is -2.13. The quantitative estimate of drug-likeness (QED) is 0.690. The van der Waals surface area contributed by atoms with Crippen LogP contribution in [0.25, 0.3) is 0 Å². The lowest BCUT2D eigenvalue weighted by Gasteiger charge is -2.17. The molecular weight excluding hydrogens is 350 g/mol. The van der Waals surface area contributed by atoms with Gasteiger partial charge in [-0.2, -0.15) is 0 Å². The van der Waals surface area contributed by atoms with Crippen LogP contribution in [0.15, 0.2) is 53.9 Å². The maximum atomic E-state index is 12.9. The number of sulfonamides is 1. The molecule has 0 saturated carbocycles. The highest BCUT2D eigenvalue weighted by atomic mass is 32.2. The number of hydrogen-bond acceptors (Lipinski definition) is 4. The molecule has 2 aromatic rings. The van der Waals surface area contributed by atoms with E-state index in [1.54, 1.807) is 56.5 Å². The molecule has 0 amide bonds. The number of anilines is 1. The molecule has 0 bridgehead atoms. The van der Waals surface area contributed by atoms with Crippen LogP contribution in [0.4, 0.5) is 5.69 Å². The van der Waals surface area contributed by atoms with Crippen LogP contribution in [0.3, 0.4) is 0 Å². The monoisotopic (exact) mass is 375 g/mol. The van der Waals surface area contributed by atoms with Gasteiger partial charge in [-0.1, -0.05) is 26.5 Å². The van der Waals surface area contributed by atoms with Crippen LogP contribution in [0.1, 0.15) is 30.9 Å². The van der Waals surface area contributed by atoms with Crippen molar-refractivity contribution in [3.8, 4) is 11.5 Å². The SMILES string of the molecule is C=CCOc1ccc(NS(=O)(=O)c2cc(C(C)C)c(OC)cc2C)cc1. The van der Waals surface area contributed by atoms with E-state index >= 15 is 0 Å². The van der Waals surface area contributed by atoms with E-state index in [9.17, 15) is 8.42 Å². The Morgan fingerprint density at radius 1 is 1.19 bits per heavy atom. The van der Waals surface area contributed by atoms with Gasteiger partial charge in [-0.25, -0.2) is 8.42 Å². The summed E-state index contributed by atoms with van der Waals surface area (Å²) in [5.41, 5.74) is 1.95. The Balaban J connectivity index is 2.32. The van der Waals surface area contributed by atoms with Gasteiger partial charge in [-0.3, -0.25) is 4.72 Å². The molecule has 26 heavy (non-hydrogen) atoms. The van der Waals surface area contributed by atoms with Crippen LogP contribution in [-0.2, 0) is 10.0 Å². The molecule has 6 heteroatoms. The number of aryl methyl sites for hydroxylation is 1. The summed E-state index contributed by atoms with van der Waals surface area (Å²) in [4.78, 5) is 0.244. The Bertz CT molecular complexity index is 871. The van der Waals surface area contributed by atoms with Gasteiger partial charge in [-0.05, 0) is 60.4 Å². The first-order chi connectivity index (χ1) is 12.3. The predicted molar refractivity (Wildman–Crippen MR) is 105 cm³/mol. The van der Waals surface area contributed by atoms with Crippen LogP contribution < -0.4 is 14.2 Å². The van der Waals surface area contributed by atoms with Gasteiger partial charge in [0.25, 0.3) is 10.0 Å². The Morgan fingerprint density at radius 2 is 1.85 bits per heavy atom. The summed E-state index contributed by atoms with van der Waals surface area (Å²) >= 11 is 0. The van der Waals surface area contributed by atoms with Gasteiger partial charge in [-0.15, -0.1) is 0 Å². The van der Waals surface area contributed by atoms with Crippen LogP contribution in [0, 0.1) is 6.92 Å². The lowest BCUT2D eigenvalue weighted by Crippen LogP contribution is -2.15. The van der Waals surface area contributed by atoms with Gasteiger partial charge in [0, 0.05) is 5.69 Å². The van der Waals surface area contributed by atoms with Crippen molar-refractivity contribution in [2.45, 2.75) is 31.6 Å². The van der Waals surface area contributed by atoms with E-state index in [-0.39, 0.29) is 10.8 Å². The normalized spacial score (nSPS) is 11.3. The molecule has 2 aromatic carbocycles. The summed E-state index contributed by atoms with van der Waals surface area (Å²) in [6, 6.07) is 10.2. The van der Waals surface area contributed by atoms with Crippen molar-refractivity contribution in [2.75, 3.05) is 18.4 Å². The van der Waals surface area contributed by atoms with E-state index < -0.39 is 10.0 Å². The van der Waals surface area contributed by atoms with Gasteiger partial charge in [0.15, 0.2) is 0 Å². The first-order valence-electron chi connectivity index (χ1n) is 8.33. The minimum absolute atomic E-state index is 0.140. The lowest BCUT2D eigenvalue weighted by molar-refractivity contribution is 0.363. The molecule has 1 N–H and O–H groups in total. The van der Waals surface area contributed by atoms with E-state index in [4.69, 9.17) is 9.47 Å². The molecule has 0 aliphatic heterocycles. The molecule has 0 aliphatic rings. The standard InChI is InChI=1S/C20H25NO4S/c1-6-11-25-17-9-7-16(8-10-17)21-26(22,23)20-13-18(14(2)3)19(24-5)12-15(20)4/h6-10,12-14,21H,1,11H2,2-5H3. The first-order valence-corrected chi connectivity index (χ1v) is 9.82. The molecule has 5 nitrogen and oxygen atoms in total. The summed E-state index contributed by atoms with van der Waals surface area (Å²) in [5, 5.41) is 0. The second-order valence-corrected chi connectivity index (χ2v) is 7.89. The summed E-state index contributed by atoms with van der Waals surface area (Å²) in [5.74, 6) is 1.48. The number of nitrogens with one attached hydrogen (secondary N) is 1. The van der Waals surface area contributed by atoms with Crippen molar-refractivity contribution in [3.63, 3.8) is 0 Å². The van der Waals surface area contributed by atoms with E-state index in [0.717, 1.165) is 5.56 Å². The third kappa shape index (κ3) is 4.58. The van der Waals surface area contributed by atoms with E-state index in [0.29, 0.717) is 29.4 Å². The van der Waals surface area contributed by atoms with Gasteiger partial charge in [0.05, 0.1) is 12.0 Å². The van der Waals surface area contributed by atoms with Gasteiger partial charge >= 0.3 is 0 Å². The Kier molecular flexibility index (Phi) is 6.32. The van der Waals surface area contributed by atoms with Crippen molar-refractivity contribution in [3.05, 3.63) is 60.2 Å². The zero-order valence-electron chi connectivity index (χ0n) is 15.6. The molecule has 140 valence electrons. The molecule has 0 fully saturated rings. The van der Waals surface area contributed by atoms with Crippen molar-refractivity contribution >= 4 is 15.7 Å². The van der Waals surface area contributed by atoms with E-state index in [1.165, 1.54) is 0 Å². The molecule has 2 rings (SSSR count). The number of methoxy groups -OCH3 is 1. The zero-order chi connectivity index (χ0) is 19.3. The van der Waals surface area contributed by atoms with Crippen LogP contribution in [0.5, 0.6) is 11.5 Å². The third-order valence-electron chi connectivity index (χ3n) is 3.91. The fourth-order valence-electron chi connectivity index (χ4n) is 2.58. The van der Waals surface area contributed by atoms with E-state index in [2.05, 4.69) is 11.3 Å². The minimum Gasteiger partial charge on any atom is -0.496 e. The third-order valence-corrected chi connectivity index (χ3v) is 5.44. The molecule has 0 aliphatic carbocycles. The smallest absolute Gasteiger partial charge is 0.262 e. The average molecular weight is 375 g/mol. The fraction of sp³-hybridized carbons (Fsp3) is 0.300. The Morgan fingerprint density at radius 3 is 2.38 bits per heavy atom. The molecule has 0 saturated heterocycles. The van der Waals surface area contributed by atoms with Gasteiger partial charge in [0.1, 0.15) is 18.1 Å². The topological polar surface area (TPSA) is 64.6 Å². The van der Waals surface area contributed by atoms with Crippen LogP contribution >= 0.6 is 0 Å². The predicted octanol–water partition coefficient (Wildman–Crippen LogP) is 4.49. The molecule has 0 unspecified atom stereocenters. The Hall–Kier alpha value is -2.47. The summed E-state index contributed by atoms with van der Waals surface area (Å²) in [6.07, 6.45) is 1.65. The lowest BCUT2D eigenvalue weighted by atomic mass is 10.0. The van der Waals surface area contributed by atoms with Crippen LogP contribution in [-0.4, -0.2) is 22.1 Å². The molecule has 0 radical (unpaired) electrons. The molecule has 0 spiro atoms. The largest absolute Gasteiger partial charge is 0.496 e. The highest BCUT2D eigenvalue weighted by Crippen LogP contribution is 2.32. The summed E-state index contributed by atoms with van der Waals surface area (Å²) < 4.78 is 39.1. The van der Waals surface area contributed by atoms with Crippen LogP contribution in [0.2, 0.25) is 0 Å². The highest BCUT2D eigenvalue weighted by Gasteiger charge is 2.21.